The third-order valence-electron chi connectivity index (χ3n) is 3.61. The van der Waals surface area contributed by atoms with Gasteiger partial charge in [0.05, 0.1) is 6.61 Å². The van der Waals surface area contributed by atoms with E-state index in [1.165, 1.54) is 43.6 Å². The van der Waals surface area contributed by atoms with E-state index in [1.807, 2.05) is 6.92 Å². The molecule has 0 atom stereocenters. The fourth-order valence-corrected chi connectivity index (χ4v) is 2.50. The number of piperidine rings is 1. The van der Waals surface area contributed by atoms with Gasteiger partial charge in [-0.15, -0.1) is 0 Å². The van der Waals surface area contributed by atoms with E-state index in [0.717, 1.165) is 26.3 Å². The number of benzene rings is 1. The van der Waals surface area contributed by atoms with Gasteiger partial charge in [-0.1, -0.05) is 12.1 Å². The minimum Gasteiger partial charge on any atom is -0.380 e. The monoisotopic (exact) mass is 262 g/mol. The summed E-state index contributed by atoms with van der Waals surface area (Å²) in [5.41, 5.74) is 2.72. The van der Waals surface area contributed by atoms with Gasteiger partial charge in [0.25, 0.3) is 0 Å². The van der Waals surface area contributed by atoms with E-state index in [1.54, 1.807) is 0 Å². The Morgan fingerprint density at radius 2 is 1.84 bits per heavy atom. The van der Waals surface area contributed by atoms with Gasteiger partial charge in [-0.3, -0.25) is 0 Å². The highest BCUT2D eigenvalue weighted by molar-refractivity contribution is 5.47. The summed E-state index contributed by atoms with van der Waals surface area (Å²) in [5.74, 6) is 0. The van der Waals surface area contributed by atoms with E-state index < -0.39 is 0 Å². The van der Waals surface area contributed by atoms with E-state index in [9.17, 15) is 0 Å². The summed E-state index contributed by atoms with van der Waals surface area (Å²) in [6, 6.07) is 8.98. The number of hydrogen-bond donors (Lipinski definition) is 1. The van der Waals surface area contributed by atoms with Crippen LogP contribution >= 0.6 is 0 Å². The van der Waals surface area contributed by atoms with Crippen LogP contribution in [-0.4, -0.2) is 32.8 Å². The molecule has 3 heteroatoms. The first-order valence-corrected chi connectivity index (χ1v) is 7.52. The van der Waals surface area contributed by atoms with Crippen LogP contribution in [0.25, 0.3) is 0 Å². The maximum absolute atomic E-state index is 5.30. The fourth-order valence-electron chi connectivity index (χ4n) is 2.50. The Balaban J connectivity index is 1.74. The largest absolute Gasteiger partial charge is 0.380 e. The van der Waals surface area contributed by atoms with Crippen molar-refractivity contribution < 1.29 is 4.74 Å². The molecule has 0 aromatic heterocycles. The summed E-state index contributed by atoms with van der Waals surface area (Å²) < 4.78 is 5.30. The quantitative estimate of drug-likeness (QED) is 0.765. The Morgan fingerprint density at radius 3 is 2.53 bits per heavy atom. The van der Waals surface area contributed by atoms with Crippen molar-refractivity contribution in [3.8, 4) is 0 Å². The Hall–Kier alpha value is -1.06. The van der Waals surface area contributed by atoms with Gasteiger partial charge >= 0.3 is 0 Å². The summed E-state index contributed by atoms with van der Waals surface area (Å²) in [5, 5.41) is 3.40. The van der Waals surface area contributed by atoms with Gasteiger partial charge in [-0.2, -0.15) is 0 Å². The van der Waals surface area contributed by atoms with Crippen LogP contribution in [0, 0.1) is 0 Å². The molecule has 1 aliphatic rings. The summed E-state index contributed by atoms with van der Waals surface area (Å²) in [6.45, 7) is 7.89. The molecule has 0 aliphatic carbocycles. The second-order valence-electron chi connectivity index (χ2n) is 5.09. The molecular formula is C16H26N2O. The van der Waals surface area contributed by atoms with Crippen LogP contribution in [0.15, 0.2) is 24.3 Å². The molecule has 106 valence electrons. The highest BCUT2D eigenvalue weighted by Crippen LogP contribution is 2.20. The van der Waals surface area contributed by atoms with Gasteiger partial charge in [-0.05, 0) is 43.9 Å². The lowest BCUT2D eigenvalue weighted by Crippen LogP contribution is -2.29. The van der Waals surface area contributed by atoms with Crippen molar-refractivity contribution in [3.63, 3.8) is 0 Å². The van der Waals surface area contributed by atoms with Crippen LogP contribution in [-0.2, 0) is 11.3 Å². The lowest BCUT2D eigenvalue weighted by Gasteiger charge is -2.28. The molecule has 0 radical (unpaired) electrons. The van der Waals surface area contributed by atoms with Crippen LogP contribution in [0.1, 0.15) is 31.7 Å². The summed E-state index contributed by atoms with van der Waals surface area (Å²) in [7, 11) is 0. The molecule has 1 saturated heterocycles. The molecule has 1 aromatic carbocycles. The lowest BCUT2D eigenvalue weighted by atomic mass is 10.1. The van der Waals surface area contributed by atoms with Gasteiger partial charge in [-0.25, -0.2) is 0 Å². The summed E-state index contributed by atoms with van der Waals surface area (Å²) in [6.07, 6.45) is 4.06. The number of ether oxygens (including phenoxy) is 1. The Bertz CT molecular complexity index is 344. The van der Waals surface area contributed by atoms with E-state index in [4.69, 9.17) is 4.74 Å². The lowest BCUT2D eigenvalue weighted by molar-refractivity contribution is 0.149. The first kappa shape index (κ1) is 14.4. The van der Waals surface area contributed by atoms with Gasteiger partial charge < -0.3 is 15.0 Å². The predicted molar refractivity (Wildman–Crippen MR) is 80.7 cm³/mol. The van der Waals surface area contributed by atoms with E-state index in [0.29, 0.717) is 0 Å². The van der Waals surface area contributed by atoms with E-state index in [-0.39, 0.29) is 0 Å². The SMILES string of the molecule is CCOCCNCc1ccc(N2CCCCC2)cc1. The zero-order chi connectivity index (χ0) is 13.3. The van der Waals surface area contributed by atoms with Crippen LogP contribution < -0.4 is 10.2 Å². The van der Waals surface area contributed by atoms with Crippen molar-refractivity contribution in [3.05, 3.63) is 29.8 Å². The van der Waals surface area contributed by atoms with Crippen LogP contribution in [0.5, 0.6) is 0 Å². The van der Waals surface area contributed by atoms with Crippen molar-refractivity contribution in [2.24, 2.45) is 0 Å². The Morgan fingerprint density at radius 1 is 1.11 bits per heavy atom. The highest BCUT2D eigenvalue weighted by Gasteiger charge is 2.10. The normalized spacial score (nSPS) is 15.7. The molecule has 1 heterocycles. The van der Waals surface area contributed by atoms with Crippen LogP contribution in [0.3, 0.4) is 0 Å². The minimum atomic E-state index is 0.794. The third kappa shape index (κ3) is 4.84. The molecule has 0 saturated carbocycles. The number of rotatable bonds is 7. The molecule has 1 aromatic rings. The molecule has 0 bridgehead atoms. The van der Waals surface area contributed by atoms with Gasteiger partial charge in [0, 0.05) is 38.5 Å². The maximum Gasteiger partial charge on any atom is 0.0590 e. The summed E-state index contributed by atoms with van der Waals surface area (Å²) >= 11 is 0. The van der Waals surface area contributed by atoms with Gasteiger partial charge in [0.2, 0.25) is 0 Å². The average molecular weight is 262 g/mol. The third-order valence-corrected chi connectivity index (χ3v) is 3.61. The van der Waals surface area contributed by atoms with Gasteiger partial charge in [0.1, 0.15) is 0 Å². The Labute approximate surface area is 116 Å². The van der Waals surface area contributed by atoms with E-state index in [2.05, 4.69) is 34.5 Å². The first-order chi connectivity index (χ1) is 9.40. The van der Waals surface area contributed by atoms with Crippen molar-refractivity contribution in [2.75, 3.05) is 37.7 Å². The van der Waals surface area contributed by atoms with Crippen molar-refractivity contribution in [1.29, 1.82) is 0 Å². The molecular weight excluding hydrogens is 236 g/mol. The van der Waals surface area contributed by atoms with E-state index >= 15 is 0 Å². The minimum absolute atomic E-state index is 0.794. The predicted octanol–water partition coefficient (Wildman–Crippen LogP) is 2.80. The zero-order valence-corrected chi connectivity index (χ0v) is 12.0. The van der Waals surface area contributed by atoms with Crippen LogP contribution in [0.4, 0.5) is 5.69 Å². The second kappa shape index (κ2) is 8.18. The molecule has 3 nitrogen and oxygen atoms in total. The fraction of sp³-hybridized carbons (Fsp3) is 0.625. The maximum atomic E-state index is 5.30. The smallest absolute Gasteiger partial charge is 0.0590 e. The number of anilines is 1. The topological polar surface area (TPSA) is 24.5 Å². The van der Waals surface area contributed by atoms with Crippen molar-refractivity contribution in [1.82, 2.24) is 5.32 Å². The molecule has 0 amide bonds. The number of hydrogen-bond acceptors (Lipinski definition) is 3. The summed E-state index contributed by atoms with van der Waals surface area (Å²) in [4.78, 5) is 2.50. The molecule has 19 heavy (non-hydrogen) atoms. The zero-order valence-electron chi connectivity index (χ0n) is 12.0. The Kier molecular flexibility index (Phi) is 6.18. The number of nitrogens with one attached hydrogen (secondary N) is 1. The molecule has 1 aliphatic heterocycles. The van der Waals surface area contributed by atoms with Crippen molar-refractivity contribution in [2.45, 2.75) is 32.7 Å². The molecule has 2 rings (SSSR count). The standard InChI is InChI=1S/C16H26N2O/c1-2-19-13-10-17-14-15-6-8-16(9-7-15)18-11-4-3-5-12-18/h6-9,17H,2-5,10-14H2,1H3. The average Bonchev–Trinajstić information content (AvgIpc) is 2.49. The molecule has 0 unspecified atom stereocenters. The van der Waals surface area contributed by atoms with Crippen molar-refractivity contribution >= 4 is 5.69 Å². The molecule has 0 spiro atoms. The first-order valence-electron chi connectivity index (χ1n) is 7.52. The van der Waals surface area contributed by atoms with Gasteiger partial charge in [0.15, 0.2) is 0 Å². The number of nitrogens with zero attached hydrogens (tertiary/aromatic N) is 1. The highest BCUT2D eigenvalue weighted by atomic mass is 16.5. The molecule has 1 fully saturated rings. The second-order valence-corrected chi connectivity index (χ2v) is 5.09. The molecule has 1 N–H and O–H groups in total. The van der Waals surface area contributed by atoms with Crippen LogP contribution in [0.2, 0.25) is 0 Å².